The van der Waals surface area contributed by atoms with Gasteiger partial charge in [0.05, 0.1) is 5.69 Å². The summed E-state index contributed by atoms with van der Waals surface area (Å²) in [6.07, 6.45) is 3.48. The van der Waals surface area contributed by atoms with Crippen molar-refractivity contribution >= 4 is 0 Å². The molecule has 0 atom stereocenters. The van der Waals surface area contributed by atoms with Crippen molar-refractivity contribution < 1.29 is 0 Å². The molecule has 0 saturated carbocycles. The van der Waals surface area contributed by atoms with E-state index in [-0.39, 0.29) is 0 Å². The third-order valence-electron chi connectivity index (χ3n) is 2.23. The van der Waals surface area contributed by atoms with Crippen LogP contribution in [0.25, 0.3) is 5.82 Å². The molecule has 0 unspecified atom stereocenters. The molecule has 4 nitrogen and oxygen atoms in total. The molecule has 0 saturated heterocycles. The van der Waals surface area contributed by atoms with Crippen LogP contribution >= 0.6 is 0 Å². The molecule has 0 aliphatic heterocycles. The van der Waals surface area contributed by atoms with Crippen molar-refractivity contribution in [3.8, 4) is 5.82 Å². The van der Waals surface area contributed by atoms with Crippen LogP contribution in [0.3, 0.4) is 0 Å². The molecule has 2 aromatic rings. The number of hydrogen-bond donors (Lipinski definition) is 0. The highest BCUT2D eigenvalue weighted by atomic mass is 15.3. The lowest BCUT2D eigenvalue weighted by atomic mass is 10.1. The minimum atomic E-state index is 0.439. The predicted molar refractivity (Wildman–Crippen MR) is 58.0 cm³/mol. The SMILES string of the molecule is Cc1cc(-n2ccc(C(C)C)n2)ncn1. The molecule has 2 aromatic heterocycles. The minimum absolute atomic E-state index is 0.439. The van der Waals surface area contributed by atoms with Gasteiger partial charge in [-0.25, -0.2) is 14.6 Å². The fourth-order valence-electron chi connectivity index (χ4n) is 1.34. The Morgan fingerprint density at radius 1 is 1.27 bits per heavy atom. The largest absolute Gasteiger partial charge is 0.242 e. The molecule has 15 heavy (non-hydrogen) atoms. The van der Waals surface area contributed by atoms with Crippen molar-refractivity contribution in [3.05, 3.63) is 36.0 Å². The molecule has 0 amide bonds. The van der Waals surface area contributed by atoms with E-state index in [2.05, 4.69) is 28.9 Å². The lowest BCUT2D eigenvalue weighted by Crippen LogP contribution is -2.00. The average Bonchev–Trinajstić information content (AvgIpc) is 2.66. The topological polar surface area (TPSA) is 43.6 Å². The standard InChI is InChI=1S/C11H14N4/c1-8(2)10-4-5-15(14-10)11-6-9(3)12-7-13-11/h4-8H,1-3H3. The van der Waals surface area contributed by atoms with Gasteiger partial charge >= 0.3 is 0 Å². The molecule has 0 aliphatic carbocycles. The van der Waals surface area contributed by atoms with Gasteiger partial charge in [-0.1, -0.05) is 13.8 Å². The molecule has 0 spiro atoms. The number of hydrogen-bond acceptors (Lipinski definition) is 3. The lowest BCUT2D eigenvalue weighted by molar-refractivity contribution is 0.754. The fourth-order valence-corrected chi connectivity index (χ4v) is 1.34. The van der Waals surface area contributed by atoms with E-state index in [0.717, 1.165) is 17.2 Å². The first-order valence-corrected chi connectivity index (χ1v) is 5.01. The summed E-state index contributed by atoms with van der Waals surface area (Å²) in [7, 11) is 0. The molecule has 0 aliphatic rings. The summed E-state index contributed by atoms with van der Waals surface area (Å²) in [5.74, 6) is 1.25. The average molecular weight is 202 g/mol. The highest BCUT2D eigenvalue weighted by molar-refractivity contribution is 5.23. The molecule has 2 heterocycles. The van der Waals surface area contributed by atoms with Crippen molar-refractivity contribution in [2.45, 2.75) is 26.7 Å². The van der Waals surface area contributed by atoms with E-state index in [1.54, 1.807) is 11.0 Å². The first-order valence-electron chi connectivity index (χ1n) is 5.01. The highest BCUT2D eigenvalue weighted by Crippen LogP contribution is 2.12. The summed E-state index contributed by atoms with van der Waals surface area (Å²) in [6.45, 7) is 6.19. The normalized spacial score (nSPS) is 10.9. The van der Waals surface area contributed by atoms with E-state index in [9.17, 15) is 0 Å². The Morgan fingerprint density at radius 3 is 2.67 bits per heavy atom. The molecule has 2 rings (SSSR count). The smallest absolute Gasteiger partial charge is 0.156 e. The first kappa shape index (κ1) is 9.83. The summed E-state index contributed by atoms with van der Waals surface area (Å²) in [4.78, 5) is 8.23. The summed E-state index contributed by atoms with van der Waals surface area (Å²) < 4.78 is 1.78. The van der Waals surface area contributed by atoms with Gasteiger partial charge in [0.15, 0.2) is 5.82 Å². The van der Waals surface area contributed by atoms with Crippen molar-refractivity contribution in [2.75, 3.05) is 0 Å². The Kier molecular flexibility index (Phi) is 2.49. The molecule has 0 bridgehead atoms. The van der Waals surface area contributed by atoms with Gasteiger partial charge in [0, 0.05) is 18.0 Å². The van der Waals surface area contributed by atoms with Crippen LogP contribution in [-0.4, -0.2) is 19.7 Å². The van der Waals surface area contributed by atoms with E-state index in [4.69, 9.17) is 0 Å². The molecule has 0 aromatic carbocycles. The number of aromatic nitrogens is 4. The zero-order valence-corrected chi connectivity index (χ0v) is 9.18. The van der Waals surface area contributed by atoms with Crippen LogP contribution in [0.1, 0.15) is 31.2 Å². The monoisotopic (exact) mass is 202 g/mol. The summed E-state index contributed by atoms with van der Waals surface area (Å²) in [6, 6.07) is 3.93. The number of rotatable bonds is 2. The Morgan fingerprint density at radius 2 is 2.07 bits per heavy atom. The Hall–Kier alpha value is -1.71. The van der Waals surface area contributed by atoms with Gasteiger partial charge in [0.2, 0.25) is 0 Å². The minimum Gasteiger partial charge on any atom is -0.242 e. The molecule has 78 valence electrons. The third-order valence-corrected chi connectivity index (χ3v) is 2.23. The zero-order chi connectivity index (χ0) is 10.8. The van der Waals surface area contributed by atoms with Crippen molar-refractivity contribution in [3.63, 3.8) is 0 Å². The van der Waals surface area contributed by atoms with Gasteiger partial charge in [-0.05, 0) is 18.9 Å². The van der Waals surface area contributed by atoms with E-state index in [1.165, 1.54) is 0 Å². The van der Waals surface area contributed by atoms with Crippen molar-refractivity contribution in [1.82, 2.24) is 19.7 Å². The quantitative estimate of drug-likeness (QED) is 0.749. The molecule has 4 heteroatoms. The molecule has 0 radical (unpaired) electrons. The Bertz CT molecular complexity index is 459. The van der Waals surface area contributed by atoms with E-state index >= 15 is 0 Å². The van der Waals surface area contributed by atoms with Crippen LogP contribution in [0.2, 0.25) is 0 Å². The fraction of sp³-hybridized carbons (Fsp3) is 0.364. The maximum Gasteiger partial charge on any atom is 0.156 e. The van der Waals surface area contributed by atoms with Crippen molar-refractivity contribution in [2.24, 2.45) is 0 Å². The van der Waals surface area contributed by atoms with Crippen LogP contribution in [0.4, 0.5) is 0 Å². The number of nitrogens with zero attached hydrogens (tertiary/aromatic N) is 4. The summed E-state index contributed by atoms with van der Waals surface area (Å²) >= 11 is 0. The van der Waals surface area contributed by atoms with E-state index in [1.807, 2.05) is 25.3 Å². The van der Waals surface area contributed by atoms with Gasteiger partial charge in [-0.2, -0.15) is 5.10 Å². The maximum absolute atomic E-state index is 4.45. The molecular formula is C11H14N4. The molecule has 0 N–H and O–H groups in total. The van der Waals surface area contributed by atoms with Gasteiger partial charge < -0.3 is 0 Å². The third kappa shape index (κ3) is 2.03. The van der Waals surface area contributed by atoms with E-state index < -0.39 is 0 Å². The Labute approximate surface area is 89.0 Å². The number of aryl methyl sites for hydroxylation is 1. The molecule has 0 fully saturated rings. The first-order chi connectivity index (χ1) is 7.16. The van der Waals surface area contributed by atoms with Gasteiger partial charge in [0.25, 0.3) is 0 Å². The van der Waals surface area contributed by atoms with Crippen LogP contribution in [0.5, 0.6) is 0 Å². The second-order valence-corrected chi connectivity index (χ2v) is 3.86. The zero-order valence-electron chi connectivity index (χ0n) is 9.18. The molecular weight excluding hydrogens is 188 g/mol. The Balaban J connectivity index is 2.37. The predicted octanol–water partition coefficient (Wildman–Crippen LogP) is 2.09. The second kappa shape index (κ2) is 3.81. The van der Waals surface area contributed by atoms with Crippen LogP contribution in [0.15, 0.2) is 24.7 Å². The van der Waals surface area contributed by atoms with Gasteiger partial charge in [-0.3, -0.25) is 0 Å². The van der Waals surface area contributed by atoms with Crippen LogP contribution < -0.4 is 0 Å². The van der Waals surface area contributed by atoms with Crippen molar-refractivity contribution in [1.29, 1.82) is 0 Å². The summed E-state index contributed by atoms with van der Waals surface area (Å²) in [5.41, 5.74) is 2.02. The summed E-state index contributed by atoms with van der Waals surface area (Å²) in [5, 5.41) is 4.45. The van der Waals surface area contributed by atoms with Crippen LogP contribution in [-0.2, 0) is 0 Å². The maximum atomic E-state index is 4.45. The highest BCUT2D eigenvalue weighted by Gasteiger charge is 2.05. The van der Waals surface area contributed by atoms with Gasteiger partial charge in [-0.15, -0.1) is 0 Å². The lowest BCUT2D eigenvalue weighted by Gasteiger charge is -2.01. The van der Waals surface area contributed by atoms with Crippen LogP contribution in [0, 0.1) is 6.92 Å². The van der Waals surface area contributed by atoms with Gasteiger partial charge in [0.1, 0.15) is 6.33 Å². The van der Waals surface area contributed by atoms with E-state index in [0.29, 0.717) is 5.92 Å². The second-order valence-electron chi connectivity index (χ2n) is 3.86.